The van der Waals surface area contributed by atoms with Gasteiger partial charge in [-0.1, -0.05) is 6.07 Å². The number of hydrogen-bond acceptors (Lipinski definition) is 4. The minimum Gasteiger partial charge on any atom is -0.466 e. The molecule has 0 unspecified atom stereocenters. The highest BCUT2D eigenvalue weighted by molar-refractivity contribution is 5.76. The van der Waals surface area contributed by atoms with E-state index in [1.165, 1.54) is 27.7 Å². The number of rotatable bonds is 6. The molecular weight excluding hydrogens is 511 g/mol. The Morgan fingerprint density at radius 3 is 1.97 bits per heavy atom. The number of hydrogen-bond donors (Lipinski definition) is 1. The van der Waals surface area contributed by atoms with Crippen LogP contribution in [-0.4, -0.2) is 24.3 Å². The molecule has 0 bridgehead atoms. The summed E-state index contributed by atoms with van der Waals surface area (Å²) in [5, 5.41) is 2.27. The lowest BCUT2D eigenvalue weighted by Gasteiger charge is -2.25. The number of amides is 1. The van der Waals surface area contributed by atoms with Crippen LogP contribution in [0.2, 0.25) is 0 Å². The van der Waals surface area contributed by atoms with E-state index < -0.39 is 76.1 Å². The van der Waals surface area contributed by atoms with Crippen molar-refractivity contribution < 1.29 is 49.8 Å². The van der Waals surface area contributed by atoms with Crippen LogP contribution in [0.25, 0.3) is 11.1 Å². The van der Waals surface area contributed by atoms with Crippen LogP contribution in [0.4, 0.5) is 35.5 Å². The van der Waals surface area contributed by atoms with Crippen molar-refractivity contribution in [3.63, 3.8) is 0 Å². The number of nitrogens with one attached hydrogen (secondary N) is 1. The van der Waals surface area contributed by atoms with Crippen LogP contribution in [0.1, 0.15) is 62.4 Å². The van der Waals surface area contributed by atoms with Gasteiger partial charge in [0.25, 0.3) is 0 Å². The zero-order valence-corrected chi connectivity index (χ0v) is 20.7. The van der Waals surface area contributed by atoms with Crippen molar-refractivity contribution in [1.29, 1.82) is 0 Å². The maximum Gasteiger partial charge on any atom is 0.417 e. The number of ether oxygens (including phenoxy) is 2. The molecule has 2 rings (SSSR count). The highest BCUT2D eigenvalue weighted by Crippen LogP contribution is 2.45. The minimum absolute atomic E-state index is 0.0621. The van der Waals surface area contributed by atoms with Crippen molar-refractivity contribution >= 4 is 12.1 Å². The Balaban J connectivity index is 2.78. The largest absolute Gasteiger partial charge is 0.466 e. The van der Waals surface area contributed by atoms with Crippen molar-refractivity contribution in [2.75, 3.05) is 6.61 Å². The zero-order chi connectivity index (χ0) is 28.3. The van der Waals surface area contributed by atoms with Gasteiger partial charge in [-0.3, -0.25) is 4.79 Å². The molecule has 0 saturated carbocycles. The second-order valence-corrected chi connectivity index (χ2v) is 9.13. The smallest absolute Gasteiger partial charge is 0.417 e. The Morgan fingerprint density at radius 1 is 0.973 bits per heavy atom. The number of esters is 1. The molecule has 12 heteroatoms. The molecule has 2 aromatic carbocycles. The van der Waals surface area contributed by atoms with Gasteiger partial charge in [0.05, 0.1) is 30.2 Å². The Labute approximate surface area is 208 Å². The molecule has 0 aliphatic heterocycles. The van der Waals surface area contributed by atoms with Crippen LogP contribution in [0.3, 0.4) is 0 Å². The van der Waals surface area contributed by atoms with Gasteiger partial charge < -0.3 is 14.8 Å². The molecule has 0 aliphatic rings. The summed E-state index contributed by atoms with van der Waals surface area (Å²) in [6.45, 7) is 7.17. The lowest BCUT2D eigenvalue weighted by molar-refractivity contribution is -0.144. The molecule has 1 N–H and O–H groups in total. The molecule has 0 heterocycles. The Bertz CT molecular complexity index is 1120. The van der Waals surface area contributed by atoms with E-state index in [-0.39, 0.29) is 12.2 Å². The molecule has 0 radical (unpaired) electrons. The van der Waals surface area contributed by atoms with E-state index in [2.05, 4.69) is 5.32 Å². The predicted octanol–water partition coefficient (Wildman–Crippen LogP) is 7.36. The summed E-state index contributed by atoms with van der Waals surface area (Å²) < 4.78 is 108. The van der Waals surface area contributed by atoms with E-state index in [4.69, 9.17) is 9.47 Å². The number of alkyl carbamates (subject to hydrolysis) is 1. The SMILES string of the molecule is CCOC(=O)C[C@H](NC(=O)OC(C)(C)C)c1cc(-c2c(C(F)(F)F)cccc2C(F)(F)F)cc(C)c1F. The molecule has 0 saturated heterocycles. The maximum atomic E-state index is 15.3. The van der Waals surface area contributed by atoms with Gasteiger partial charge in [0, 0.05) is 11.1 Å². The minimum atomic E-state index is -5.17. The monoisotopic (exact) mass is 537 g/mol. The summed E-state index contributed by atoms with van der Waals surface area (Å²) in [6.07, 6.45) is -12.1. The first kappa shape index (κ1) is 29.9. The fourth-order valence-corrected chi connectivity index (χ4v) is 3.61. The normalized spacial score (nSPS) is 13.2. The van der Waals surface area contributed by atoms with E-state index in [1.54, 1.807) is 0 Å². The van der Waals surface area contributed by atoms with Crippen molar-refractivity contribution in [2.24, 2.45) is 0 Å². The van der Waals surface area contributed by atoms with Gasteiger partial charge in [0.2, 0.25) is 0 Å². The fraction of sp³-hybridized carbons (Fsp3) is 0.440. The molecule has 0 aliphatic carbocycles. The highest BCUT2D eigenvalue weighted by Gasteiger charge is 2.41. The van der Waals surface area contributed by atoms with Gasteiger partial charge in [0.15, 0.2) is 0 Å². The summed E-state index contributed by atoms with van der Waals surface area (Å²) >= 11 is 0. The Kier molecular flexibility index (Phi) is 8.87. The topological polar surface area (TPSA) is 64.6 Å². The average molecular weight is 537 g/mol. The predicted molar refractivity (Wildman–Crippen MR) is 120 cm³/mol. The molecule has 0 fully saturated rings. The maximum absolute atomic E-state index is 15.3. The van der Waals surface area contributed by atoms with Gasteiger partial charge in [-0.25, -0.2) is 9.18 Å². The van der Waals surface area contributed by atoms with Gasteiger partial charge in [-0.05, 0) is 70.0 Å². The van der Waals surface area contributed by atoms with Crippen LogP contribution in [0, 0.1) is 12.7 Å². The first-order chi connectivity index (χ1) is 16.8. The molecule has 0 aromatic heterocycles. The molecule has 0 spiro atoms. The van der Waals surface area contributed by atoms with E-state index in [9.17, 15) is 35.9 Å². The number of carbonyl (C=O) groups is 2. The van der Waals surface area contributed by atoms with Gasteiger partial charge >= 0.3 is 24.4 Å². The van der Waals surface area contributed by atoms with Crippen LogP contribution in [-0.2, 0) is 26.6 Å². The standard InChI is InChI=1S/C25H26F7NO4/c1-6-36-19(34)12-18(33-22(35)37-23(3,4)5)15-11-14(10-13(2)21(15)26)20-16(24(27,28)29)8-7-9-17(20)25(30,31)32/h7-11,18H,6,12H2,1-5H3,(H,33,35)/t18-/m0/s1. The third-order valence-corrected chi connectivity index (χ3v) is 4.99. The summed E-state index contributed by atoms with van der Waals surface area (Å²) in [6, 6.07) is 1.66. The van der Waals surface area contributed by atoms with Crippen molar-refractivity contribution in [3.05, 3.63) is 58.4 Å². The summed E-state index contributed by atoms with van der Waals surface area (Å²) in [5.74, 6) is -1.93. The van der Waals surface area contributed by atoms with Gasteiger partial charge in [-0.15, -0.1) is 0 Å². The molecule has 1 atom stereocenters. The van der Waals surface area contributed by atoms with Gasteiger partial charge in [-0.2, -0.15) is 26.3 Å². The number of benzene rings is 2. The Hall–Kier alpha value is -3.31. The molecule has 204 valence electrons. The fourth-order valence-electron chi connectivity index (χ4n) is 3.61. The average Bonchev–Trinajstić information content (AvgIpc) is 2.72. The second-order valence-electron chi connectivity index (χ2n) is 9.13. The van der Waals surface area contributed by atoms with Crippen molar-refractivity contribution in [3.8, 4) is 11.1 Å². The van der Waals surface area contributed by atoms with Crippen molar-refractivity contribution in [1.82, 2.24) is 5.32 Å². The third-order valence-electron chi connectivity index (χ3n) is 4.99. The van der Waals surface area contributed by atoms with Crippen molar-refractivity contribution in [2.45, 2.75) is 65.0 Å². The summed E-state index contributed by atoms with van der Waals surface area (Å²) in [4.78, 5) is 24.6. The lowest BCUT2D eigenvalue weighted by Crippen LogP contribution is -2.36. The quantitative estimate of drug-likeness (QED) is 0.309. The van der Waals surface area contributed by atoms with E-state index in [0.717, 1.165) is 19.1 Å². The Morgan fingerprint density at radius 2 is 1.51 bits per heavy atom. The summed E-state index contributed by atoms with van der Waals surface area (Å²) in [7, 11) is 0. The van der Waals surface area contributed by atoms with E-state index >= 15 is 4.39 Å². The summed E-state index contributed by atoms with van der Waals surface area (Å²) in [5.41, 5.74) is -6.80. The van der Waals surface area contributed by atoms with Crippen LogP contribution in [0.15, 0.2) is 30.3 Å². The highest BCUT2D eigenvalue weighted by atomic mass is 19.4. The lowest BCUT2D eigenvalue weighted by atomic mass is 9.89. The van der Waals surface area contributed by atoms with Crippen LogP contribution in [0.5, 0.6) is 0 Å². The second kappa shape index (κ2) is 11.0. The molecule has 37 heavy (non-hydrogen) atoms. The van der Waals surface area contributed by atoms with Crippen LogP contribution >= 0.6 is 0 Å². The molecular formula is C25H26F7NO4. The third kappa shape index (κ3) is 7.83. The van der Waals surface area contributed by atoms with E-state index in [0.29, 0.717) is 18.2 Å². The molecule has 5 nitrogen and oxygen atoms in total. The number of alkyl halides is 6. The molecule has 2 aromatic rings. The first-order valence-electron chi connectivity index (χ1n) is 11.1. The van der Waals surface area contributed by atoms with Gasteiger partial charge in [0.1, 0.15) is 11.4 Å². The number of halogens is 7. The number of aryl methyl sites for hydroxylation is 1. The number of carbonyl (C=O) groups excluding carboxylic acids is 2. The first-order valence-corrected chi connectivity index (χ1v) is 11.1. The van der Waals surface area contributed by atoms with E-state index in [1.807, 2.05) is 0 Å². The zero-order valence-electron chi connectivity index (χ0n) is 20.7. The van der Waals surface area contributed by atoms with Crippen LogP contribution < -0.4 is 5.32 Å². The molecule has 1 amide bonds.